The van der Waals surface area contributed by atoms with Gasteiger partial charge in [0, 0.05) is 24.5 Å². The molecule has 1 N–H and O–H groups in total. The van der Waals surface area contributed by atoms with E-state index in [0.29, 0.717) is 5.69 Å². The van der Waals surface area contributed by atoms with Crippen LogP contribution in [0, 0.1) is 0 Å². The van der Waals surface area contributed by atoms with Crippen molar-refractivity contribution in [1.82, 2.24) is 0 Å². The van der Waals surface area contributed by atoms with Crippen molar-refractivity contribution in [2.45, 2.75) is 43.9 Å². The van der Waals surface area contributed by atoms with E-state index in [9.17, 15) is 9.59 Å². The van der Waals surface area contributed by atoms with Crippen LogP contribution < -0.4 is 10.2 Å². The molecule has 1 saturated heterocycles. The maximum absolute atomic E-state index is 12.5. The van der Waals surface area contributed by atoms with Crippen LogP contribution in [0.5, 0.6) is 0 Å². The maximum atomic E-state index is 12.5. The third-order valence-electron chi connectivity index (χ3n) is 5.92. The minimum atomic E-state index is -0.559. The molecular weight excluding hydrogens is 364 g/mol. The Morgan fingerprint density at radius 2 is 1.55 bits per heavy atom. The lowest BCUT2D eigenvalue weighted by atomic mass is 9.96. The zero-order valence-electron chi connectivity index (χ0n) is 16.7. The molecule has 2 aliphatic rings. The Bertz CT molecular complexity index is 836. The first-order valence-corrected chi connectivity index (χ1v) is 10.5. The molecule has 1 heterocycles. The van der Waals surface area contributed by atoms with Gasteiger partial charge in [-0.1, -0.05) is 43.2 Å². The van der Waals surface area contributed by atoms with Crippen molar-refractivity contribution in [1.29, 1.82) is 0 Å². The third kappa shape index (κ3) is 4.61. The number of rotatable bonds is 6. The number of nitrogens with zero attached hydrogens (tertiary/aromatic N) is 1. The Morgan fingerprint density at radius 3 is 2.17 bits per heavy atom. The van der Waals surface area contributed by atoms with Gasteiger partial charge in [-0.15, -0.1) is 0 Å². The van der Waals surface area contributed by atoms with Crippen LogP contribution >= 0.6 is 0 Å². The largest absolute Gasteiger partial charge is 0.455 e. The fourth-order valence-corrected chi connectivity index (χ4v) is 4.04. The SMILES string of the molecule is O=C(COC(=O)C1(c2ccccc2)CC1)Nc1ccc(N2CCCCCC2)cc1. The van der Waals surface area contributed by atoms with E-state index in [1.165, 1.54) is 31.4 Å². The molecular formula is C24H28N2O3. The molecule has 152 valence electrons. The number of carbonyl (C=O) groups excluding carboxylic acids is 2. The highest BCUT2D eigenvalue weighted by Crippen LogP contribution is 2.49. The highest BCUT2D eigenvalue weighted by molar-refractivity contribution is 5.94. The Kier molecular flexibility index (Phi) is 5.84. The fourth-order valence-electron chi connectivity index (χ4n) is 4.04. The van der Waals surface area contributed by atoms with Crippen LogP contribution in [-0.2, 0) is 19.7 Å². The van der Waals surface area contributed by atoms with Gasteiger partial charge in [0.25, 0.3) is 5.91 Å². The van der Waals surface area contributed by atoms with Crippen molar-refractivity contribution < 1.29 is 14.3 Å². The summed E-state index contributed by atoms with van der Waals surface area (Å²) < 4.78 is 5.33. The summed E-state index contributed by atoms with van der Waals surface area (Å²) in [4.78, 5) is 27.2. The minimum Gasteiger partial charge on any atom is -0.455 e. The summed E-state index contributed by atoms with van der Waals surface area (Å²) in [5.74, 6) is -0.625. The predicted molar refractivity (Wildman–Crippen MR) is 114 cm³/mol. The molecule has 1 aliphatic heterocycles. The summed E-state index contributed by atoms with van der Waals surface area (Å²) in [6.07, 6.45) is 6.61. The number of hydrogen-bond donors (Lipinski definition) is 1. The monoisotopic (exact) mass is 392 g/mol. The zero-order chi connectivity index (χ0) is 20.1. The van der Waals surface area contributed by atoms with Crippen molar-refractivity contribution in [2.75, 3.05) is 29.9 Å². The summed E-state index contributed by atoms with van der Waals surface area (Å²) in [7, 11) is 0. The quantitative estimate of drug-likeness (QED) is 0.746. The minimum absolute atomic E-state index is 0.263. The third-order valence-corrected chi connectivity index (χ3v) is 5.92. The van der Waals surface area contributed by atoms with Crippen molar-refractivity contribution in [3.05, 3.63) is 60.2 Å². The highest BCUT2D eigenvalue weighted by Gasteiger charge is 2.52. The molecule has 0 unspecified atom stereocenters. The molecule has 1 saturated carbocycles. The van der Waals surface area contributed by atoms with E-state index in [2.05, 4.69) is 10.2 Å². The Morgan fingerprint density at radius 1 is 0.897 bits per heavy atom. The van der Waals surface area contributed by atoms with Gasteiger partial charge in [0.2, 0.25) is 0 Å². The van der Waals surface area contributed by atoms with E-state index in [0.717, 1.165) is 31.5 Å². The van der Waals surface area contributed by atoms with Gasteiger partial charge < -0.3 is 15.0 Å². The van der Waals surface area contributed by atoms with Crippen molar-refractivity contribution in [3.63, 3.8) is 0 Å². The van der Waals surface area contributed by atoms with Gasteiger partial charge >= 0.3 is 5.97 Å². The molecule has 0 bridgehead atoms. The Balaban J connectivity index is 1.28. The van der Waals surface area contributed by atoms with Crippen molar-refractivity contribution in [2.24, 2.45) is 0 Å². The molecule has 0 spiro atoms. The summed E-state index contributed by atoms with van der Waals surface area (Å²) in [5, 5.41) is 2.82. The molecule has 2 fully saturated rings. The molecule has 1 aliphatic carbocycles. The van der Waals surface area contributed by atoms with Gasteiger partial charge in [-0.2, -0.15) is 0 Å². The van der Waals surface area contributed by atoms with Gasteiger partial charge in [0.1, 0.15) is 0 Å². The Hall–Kier alpha value is -2.82. The van der Waals surface area contributed by atoms with Gasteiger partial charge in [0.15, 0.2) is 6.61 Å². The first-order valence-electron chi connectivity index (χ1n) is 10.5. The summed E-state index contributed by atoms with van der Waals surface area (Å²) in [5.41, 5.74) is 2.31. The van der Waals surface area contributed by atoms with E-state index < -0.39 is 5.41 Å². The molecule has 5 heteroatoms. The number of hydrogen-bond acceptors (Lipinski definition) is 4. The van der Waals surface area contributed by atoms with Crippen molar-refractivity contribution >= 4 is 23.3 Å². The van der Waals surface area contributed by atoms with E-state index in [4.69, 9.17) is 4.74 Å². The first-order chi connectivity index (χ1) is 14.2. The number of esters is 1. The molecule has 1 amide bonds. The maximum Gasteiger partial charge on any atom is 0.317 e. The van der Waals surface area contributed by atoms with Crippen LogP contribution in [0.15, 0.2) is 54.6 Å². The van der Waals surface area contributed by atoms with Crippen LogP contribution in [0.25, 0.3) is 0 Å². The molecule has 4 rings (SSSR count). The molecule has 0 radical (unpaired) electrons. The van der Waals surface area contributed by atoms with Crippen LogP contribution in [0.2, 0.25) is 0 Å². The molecule has 2 aromatic carbocycles. The fraction of sp³-hybridized carbons (Fsp3) is 0.417. The molecule has 29 heavy (non-hydrogen) atoms. The zero-order valence-corrected chi connectivity index (χ0v) is 16.7. The molecule has 0 aromatic heterocycles. The van der Waals surface area contributed by atoms with E-state index in [1.54, 1.807) is 0 Å². The lowest BCUT2D eigenvalue weighted by molar-refractivity contribution is -0.150. The number of ether oxygens (including phenoxy) is 1. The van der Waals surface area contributed by atoms with E-state index >= 15 is 0 Å². The summed E-state index contributed by atoms with van der Waals surface area (Å²) >= 11 is 0. The average molecular weight is 392 g/mol. The second-order valence-corrected chi connectivity index (χ2v) is 8.02. The number of anilines is 2. The lowest BCUT2D eigenvalue weighted by Gasteiger charge is -2.22. The van der Waals surface area contributed by atoms with Crippen LogP contribution in [0.4, 0.5) is 11.4 Å². The molecule has 2 aromatic rings. The van der Waals surface area contributed by atoms with E-state index in [1.807, 2.05) is 54.6 Å². The lowest BCUT2D eigenvalue weighted by Crippen LogP contribution is -2.28. The number of nitrogens with one attached hydrogen (secondary N) is 1. The second-order valence-electron chi connectivity index (χ2n) is 8.02. The normalized spacial score (nSPS) is 17.9. The number of amides is 1. The standard InChI is InChI=1S/C24H28N2O3/c27-22(18-29-23(28)24(14-15-24)19-8-4-3-5-9-19)25-20-10-12-21(13-11-20)26-16-6-1-2-7-17-26/h3-5,8-13H,1-2,6-7,14-18H2,(H,25,27). The Labute approximate surface area is 172 Å². The molecule has 0 atom stereocenters. The van der Waals surface area contributed by atoms with Gasteiger partial charge in [-0.25, -0.2) is 0 Å². The average Bonchev–Trinajstić information content (AvgIpc) is 3.58. The van der Waals surface area contributed by atoms with Gasteiger partial charge in [-0.05, 0) is 55.5 Å². The number of carbonyl (C=O) groups is 2. The number of benzene rings is 2. The van der Waals surface area contributed by atoms with E-state index in [-0.39, 0.29) is 18.5 Å². The predicted octanol–water partition coefficient (Wildman–Crippen LogP) is 4.28. The smallest absolute Gasteiger partial charge is 0.317 e. The van der Waals surface area contributed by atoms with Crippen LogP contribution in [0.1, 0.15) is 44.1 Å². The topological polar surface area (TPSA) is 58.6 Å². The second kappa shape index (κ2) is 8.68. The van der Waals surface area contributed by atoms with Gasteiger partial charge in [0.05, 0.1) is 5.41 Å². The molecule has 5 nitrogen and oxygen atoms in total. The van der Waals surface area contributed by atoms with Crippen molar-refractivity contribution in [3.8, 4) is 0 Å². The summed E-state index contributed by atoms with van der Waals surface area (Å²) in [6.45, 7) is 1.91. The summed E-state index contributed by atoms with van der Waals surface area (Å²) in [6, 6.07) is 17.6. The highest BCUT2D eigenvalue weighted by atomic mass is 16.5. The van der Waals surface area contributed by atoms with Crippen LogP contribution in [-0.4, -0.2) is 31.6 Å². The van der Waals surface area contributed by atoms with Gasteiger partial charge in [-0.3, -0.25) is 9.59 Å². The first kappa shape index (κ1) is 19.5. The van der Waals surface area contributed by atoms with Crippen LogP contribution in [0.3, 0.4) is 0 Å².